The van der Waals surface area contributed by atoms with Gasteiger partial charge in [-0.05, 0) is 0 Å². The topological polar surface area (TPSA) is 151 Å². The first kappa shape index (κ1) is 27.1. The Morgan fingerprint density at radius 2 is 1.07 bits per heavy atom. The van der Waals surface area contributed by atoms with Gasteiger partial charge in [-0.15, -0.1) is 0 Å². The lowest BCUT2D eigenvalue weighted by Crippen LogP contribution is -2.40. The van der Waals surface area contributed by atoms with E-state index in [1.165, 1.54) is 0 Å². The van der Waals surface area contributed by atoms with E-state index in [1.807, 2.05) is 6.92 Å². The summed E-state index contributed by atoms with van der Waals surface area (Å²) in [5.74, 6) is -2.05. The molecule has 0 bridgehead atoms. The summed E-state index contributed by atoms with van der Waals surface area (Å²) in [5.41, 5.74) is 0. The molecule has 0 aromatic heterocycles. The van der Waals surface area contributed by atoms with Gasteiger partial charge < -0.3 is 20.6 Å². The van der Waals surface area contributed by atoms with Crippen LogP contribution in [0.25, 0.3) is 0 Å². The number of nitrogens with zero attached hydrogens (tertiary/aromatic N) is 3. The molecule has 1 aliphatic rings. The third-order valence-corrected chi connectivity index (χ3v) is 4.25. The van der Waals surface area contributed by atoms with Crippen LogP contribution in [0.15, 0.2) is 0 Å². The predicted molar refractivity (Wildman–Crippen MR) is 109 cm³/mol. The Hall–Kier alpha value is -1.89. The maximum atomic E-state index is 10.8. The lowest BCUT2D eigenvalue weighted by Gasteiger charge is -2.23. The zero-order valence-corrected chi connectivity index (χ0v) is 17.6. The van der Waals surface area contributed by atoms with E-state index in [9.17, 15) is 19.2 Å². The quantitative estimate of drug-likeness (QED) is 0.273. The van der Waals surface area contributed by atoms with Crippen molar-refractivity contribution in [3.05, 3.63) is 0 Å². The Kier molecular flexibility index (Phi) is 14.9. The van der Waals surface area contributed by atoms with Crippen LogP contribution in [0.5, 0.6) is 0 Å². The molecule has 0 atom stereocenters. The first-order chi connectivity index (χ1) is 13.7. The molecule has 29 heavy (non-hydrogen) atoms. The van der Waals surface area contributed by atoms with E-state index in [1.54, 1.807) is 14.7 Å². The zero-order valence-electron chi connectivity index (χ0n) is 16.7. The monoisotopic (exact) mass is 436 g/mol. The highest BCUT2D eigenvalue weighted by Crippen LogP contribution is 2.01. The third-order valence-electron chi connectivity index (χ3n) is 4.03. The average molecular weight is 437 g/mol. The van der Waals surface area contributed by atoms with Gasteiger partial charge in [0.1, 0.15) is 0 Å². The number of carbonyl (C=O) groups excluding carboxylic acids is 1. The molecule has 0 aromatic rings. The summed E-state index contributed by atoms with van der Waals surface area (Å²) in [5, 5.41) is 29.3. The highest BCUT2D eigenvalue weighted by molar-refractivity contribution is 7.80. The second kappa shape index (κ2) is 16.0. The summed E-state index contributed by atoms with van der Waals surface area (Å²) in [6.07, 6.45) is 0.563. The fourth-order valence-electron chi connectivity index (χ4n) is 2.55. The molecule has 12 heteroatoms. The van der Waals surface area contributed by atoms with E-state index in [0.717, 1.165) is 0 Å². The Labute approximate surface area is 176 Å². The Morgan fingerprint density at radius 3 is 1.28 bits per heavy atom. The summed E-state index contributed by atoms with van der Waals surface area (Å²) in [6, 6.07) is 0. The van der Waals surface area contributed by atoms with Crippen LogP contribution in [0.3, 0.4) is 0 Å². The van der Waals surface area contributed by atoms with Crippen molar-refractivity contribution >= 4 is 36.4 Å². The number of nitrogens with one attached hydrogen (secondary N) is 1. The highest BCUT2D eigenvalue weighted by Gasteiger charge is 2.20. The molecule has 0 spiro atoms. The van der Waals surface area contributed by atoms with Gasteiger partial charge in [-0.3, -0.25) is 33.9 Å². The molecule has 168 valence electrons. The standard InChI is InChI=1S/C12H21N3O6.C5H11NOS/c16-10(17)7-13-1-2-14(8-11(18)19)5-6-15(4-3-13)9-12(20)21;1-2-5(7)6-3-4-8/h1-9H2,(H,16,17)(H,18,19)(H,20,21);8H,2-4H2,1H3,(H,6,7). The number of carbonyl (C=O) groups is 4. The van der Waals surface area contributed by atoms with Crippen LogP contribution in [0, 0.1) is 0 Å². The average Bonchev–Trinajstić information content (AvgIpc) is 2.72. The van der Waals surface area contributed by atoms with Gasteiger partial charge in [0.05, 0.1) is 19.6 Å². The molecule has 1 heterocycles. The Morgan fingerprint density at radius 1 is 0.759 bits per heavy atom. The SMILES string of the molecule is CCC(=O)NCCS.O=C(O)CN1CCN(CC(=O)O)CCN(CC(=O)O)CC1. The van der Waals surface area contributed by atoms with Crippen LogP contribution in [-0.2, 0) is 19.2 Å². The van der Waals surface area contributed by atoms with Gasteiger partial charge in [0, 0.05) is 58.0 Å². The van der Waals surface area contributed by atoms with Crippen molar-refractivity contribution in [1.29, 1.82) is 0 Å². The summed E-state index contributed by atoms with van der Waals surface area (Å²) >= 11 is 3.92. The van der Waals surface area contributed by atoms with Crippen molar-refractivity contribution in [2.24, 2.45) is 0 Å². The lowest BCUT2D eigenvalue weighted by molar-refractivity contribution is -0.140. The molecular weight excluding hydrogens is 404 g/mol. The first-order valence-electron chi connectivity index (χ1n) is 9.37. The third kappa shape index (κ3) is 15.7. The van der Waals surface area contributed by atoms with Gasteiger partial charge in [0.15, 0.2) is 0 Å². The second-order valence-corrected chi connectivity index (χ2v) is 6.88. The zero-order chi connectivity index (χ0) is 22.2. The Bertz CT molecular complexity index is 467. The van der Waals surface area contributed by atoms with Gasteiger partial charge in [0.25, 0.3) is 0 Å². The number of carboxylic acids is 3. The number of rotatable bonds is 9. The Balaban J connectivity index is 0.000000828. The van der Waals surface area contributed by atoms with E-state index >= 15 is 0 Å². The minimum Gasteiger partial charge on any atom is -0.480 e. The maximum Gasteiger partial charge on any atom is 0.317 e. The van der Waals surface area contributed by atoms with Crippen molar-refractivity contribution in [2.75, 3.05) is 71.2 Å². The number of thiol groups is 1. The number of amides is 1. The predicted octanol–water partition coefficient (Wildman–Crippen LogP) is -1.40. The van der Waals surface area contributed by atoms with Gasteiger partial charge in [0.2, 0.25) is 5.91 Å². The van der Waals surface area contributed by atoms with Crippen LogP contribution in [-0.4, -0.2) is 125 Å². The fourth-order valence-corrected chi connectivity index (χ4v) is 2.66. The fraction of sp³-hybridized carbons (Fsp3) is 0.765. The molecule has 1 saturated heterocycles. The molecule has 1 aliphatic heterocycles. The number of hydrogen-bond donors (Lipinski definition) is 5. The summed E-state index contributed by atoms with van der Waals surface area (Å²) in [7, 11) is 0. The van der Waals surface area contributed by atoms with Crippen molar-refractivity contribution < 1.29 is 34.5 Å². The van der Waals surface area contributed by atoms with Crippen LogP contribution in [0.1, 0.15) is 13.3 Å². The minimum absolute atomic E-state index is 0.0963. The largest absolute Gasteiger partial charge is 0.480 e. The van der Waals surface area contributed by atoms with Crippen molar-refractivity contribution in [1.82, 2.24) is 20.0 Å². The molecule has 0 unspecified atom stereocenters. The van der Waals surface area contributed by atoms with Crippen LogP contribution in [0.4, 0.5) is 0 Å². The molecule has 0 aromatic carbocycles. The molecule has 1 fully saturated rings. The van der Waals surface area contributed by atoms with E-state index in [4.69, 9.17) is 15.3 Å². The summed E-state index contributed by atoms with van der Waals surface area (Å²) in [4.78, 5) is 47.9. The highest BCUT2D eigenvalue weighted by atomic mass is 32.1. The lowest BCUT2D eigenvalue weighted by atomic mass is 10.4. The number of hydrogen-bond acceptors (Lipinski definition) is 8. The van der Waals surface area contributed by atoms with Crippen molar-refractivity contribution in [2.45, 2.75) is 13.3 Å². The molecule has 1 amide bonds. The van der Waals surface area contributed by atoms with E-state index in [-0.39, 0.29) is 25.5 Å². The molecule has 11 nitrogen and oxygen atoms in total. The molecule has 4 N–H and O–H groups in total. The normalized spacial score (nSPS) is 16.5. The first-order valence-corrected chi connectivity index (χ1v) is 10.0. The van der Waals surface area contributed by atoms with E-state index < -0.39 is 17.9 Å². The van der Waals surface area contributed by atoms with E-state index in [2.05, 4.69) is 17.9 Å². The van der Waals surface area contributed by atoms with Gasteiger partial charge in [-0.1, -0.05) is 6.92 Å². The molecular formula is C17H32N4O7S. The van der Waals surface area contributed by atoms with E-state index in [0.29, 0.717) is 58.0 Å². The maximum absolute atomic E-state index is 10.8. The molecule has 0 saturated carbocycles. The number of carboxylic acid groups (broad SMARTS) is 3. The summed E-state index contributed by atoms with van der Waals surface area (Å²) < 4.78 is 0. The van der Waals surface area contributed by atoms with Crippen molar-refractivity contribution in [3.8, 4) is 0 Å². The minimum atomic E-state index is -0.955. The van der Waals surface area contributed by atoms with Gasteiger partial charge in [-0.25, -0.2) is 0 Å². The van der Waals surface area contributed by atoms with Crippen LogP contribution >= 0.6 is 12.6 Å². The molecule has 0 radical (unpaired) electrons. The van der Waals surface area contributed by atoms with Gasteiger partial charge >= 0.3 is 17.9 Å². The second-order valence-electron chi connectivity index (χ2n) is 6.44. The smallest absolute Gasteiger partial charge is 0.317 e. The van der Waals surface area contributed by atoms with Crippen molar-refractivity contribution in [3.63, 3.8) is 0 Å². The van der Waals surface area contributed by atoms with Gasteiger partial charge in [-0.2, -0.15) is 12.6 Å². The number of aliphatic carboxylic acids is 3. The molecule has 1 rings (SSSR count). The summed E-state index contributed by atoms with van der Waals surface area (Å²) in [6.45, 7) is 4.76. The molecule has 0 aliphatic carbocycles. The van der Waals surface area contributed by atoms with Crippen LogP contribution in [0.2, 0.25) is 0 Å². The van der Waals surface area contributed by atoms with Crippen LogP contribution < -0.4 is 5.32 Å².